The third-order valence-electron chi connectivity index (χ3n) is 5.65. The van der Waals surface area contributed by atoms with Crippen molar-refractivity contribution >= 4 is 37.9 Å². The predicted octanol–water partition coefficient (Wildman–Crippen LogP) is 4.80. The van der Waals surface area contributed by atoms with E-state index in [1.54, 1.807) is 6.07 Å². The van der Waals surface area contributed by atoms with Crippen molar-refractivity contribution in [2.24, 2.45) is 0 Å². The quantitative estimate of drug-likeness (QED) is 0.345. The van der Waals surface area contributed by atoms with E-state index in [4.69, 9.17) is 4.42 Å². The van der Waals surface area contributed by atoms with E-state index in [9.17, 15) is 23.1 Å². The van der Waals surface area contributed by atoms with Gasteiger partial charge in [0.15, 0.2) is 0 Å². The summed E-state index contributed by atoms with van der Waals surface area (Å²) < 4.78 is 32.7. The number of nitrogens with zero attached hydrogens (tertiary/aromatic N) is 1. The van der Waals surface area contributed by atoms with Crippen molar-refractivity contribution in [3.8, 4) is 0 Å². The van der Waals surface area contributed by atoms with Gasteiger partial charge >= 0.3 is 5.97 Å². The number of aryl methyl sites for hydroxylation is 1. The molecule has 0 aliphatic heterocycles. The van der Waals surface area contributed by atoms with E-state index in [-0.39, 0.29) is 26.8 Å². The van der Waals surface area contributed by atoms with E-state index in [0.29, 0.717) is 17.6 Å². The molecule has 2 aromatic carbocycles. The van der Waals surface area contributed by atoms with Gasteiger partial charge in [-0.2, -0.15) is 0 Å². The normalized spacial score (nSPS) is 12.1. The standard InChI is InChI=1S/C24H29NO6S/c1-4-5-6-7-8-9-10-16-13-18(32(29,30)25(2)3)15-20-22(26)19-14-17(24(27)28)11-12-21(19)31-23(16)20/h11-15H,4-10H2,1-3H3,(H,27,28). The Balaban J connectivity index is 2.16. The molecule has 8 heteroatoms. The van der Waals surface area contributed by atoms with Gasteiger partial charge in [-0.05, 0) is 48.7 Å². The number of sulfonamides is 1. The van der Waals surface area contributed by atoms with Crippen LogP contribution in [0.1, 0.15) is 61.4 Å². The Hall–Kier alpha value is -2.71. The Labute approximate surface area is 187 Å². The highest BCUT2D eigenvalue weighted by atomic mass is 32.2. The minimum absolute atomic E-state index is 0.0250. The lowest BCUT2D eigenvalue weighted by molar-refractivity contribution is 0.0697. The molecule has 0 fully saturated rings. The minimum Gasteiger partial charge on any atom is -0.478 e. The fourth-order valence-electron chi connectivity index (χ4n) is 3.77. The van der Waals surface area contributed by atoms with E-state index >= 15 is 0 Å². The summed E-state index contributed by atoms with van der Waals surface area (Å²) in [6, 6.07) is 7.04. The molecule has 172 valence electrons. The lowest BCUT2D eigenvalue weighted by Gasteiger charge is -2.14. The molecule has 0 unspecified atom stereocenters. The van der Waals surface area contributed by atoms with Crippen LogP contribution in [0.3, 0.4) is 0 Å². The van der Waals surface area contributed by atoms with Gasteiger partial charge < -0.3 is 9.52 Å². The van der Waals surface area contributed by atoms with Crippen LogP contribution in [0, 0.1) is 0 Å². The molecular weight excluding hydrogens is 430 g/mol. The smallest absolute Gasteiger partial charge is 0.335 e. The molecular formula is C24H29NO6S. The van der Waals surface area contributed by atoms with E-state index in [1.165, 1.54) is 44.8 Å². The second-order valence-electron chi connectivity index (χ2n) is 8.21. The van der Waals surface area contributed by atoms with Crippen LogP contribution in [-0.2, 0) is 16.4 Å². The first kappa shape index (κ1) is 23.9. The van der Waals surface area contributed by atoms with E-state index in [1.807, 2.05) is 0 Å². The van der Waals surface area contributed by atoms with Crippen molar-refractivity contribution < 1.29 is 22.7 Å². The van der Waals surface area contributed by atoms with Crippen LogP contribution in [-0.4, -0.2) is 37.9 Å². The lowest BCUT2D eigenvalue weighted by atomic mass is 10.0. The number of aromatic carboxylic acids is 1. The van der Waals surface area contributed by atoms with Crippen LogP contribution >= 0.6 is 0 Å². The molecule has 1 N–H and O–H groups in total. The second-order valence-corrected chi connectivity index (χ2v) is 10.4. The summed E-state index contributed by atoms with van der Waals surface area (Å²) in [5.74, 6) is -1.15. The lowest BCUT2D eigenvalue weighted by Crippen LogP contribution is -2.22. The molecule has 0 atom stereocenters. The second kappa shape index (κ2) is 9.83. The van der Waals surface area contributed by atoms with Gasteiger partial charge in [-0.3, -0.25) is 4.79 Å². The largest absolute Gasteiger partial charge is 0.478 e. The maximum absolute atomic E-state index is 13.3. The van der Waals surface area contributed by atoms with Crippen LogP contribution < -0.4 is 5.43 Å². The van der Waals surface area contributed by atoms with Gasteiger partial charge in [0.1, 0.15) is 11.2 Å². The van der Waals surface area contributed by atoms with Crippen molar-refractivity contribution in [2.45, 2.75) is 56.8 Å². The molecule has 0 radical (unpaired) electrons. The Kier molecular flexibility index (Phi) is 7.36. The zero-order valence-electron chi connectivity index (χ0n) is 18.7. The van der Waals surface area contributed by atoms with Crippen LogP contribution in [0.25, 0.3) is 21.9 Å². The predicted molar refractivity (Wildman–Crippen MR) is 125 cm³/mol. The monoisotopic (exact) mass is 459 g/mol. The molecule has 0 saturated heterocycles. The zero-order chi connectivity index (χ0) is 23.5. The van der Waals surface area contributed by atoms with Crippen LogP contribution in [0.2, 0.25) is 0 Å². The van der Waals surface area contributed by atoms with Gasteiger partial charge in [-0.1, -0.05) is 39.0 Å². The van der Waals surface area contributed by atoms with Crippen molar-refractivity contribution in [1.29, 1.82) is 0 Å². The summed E-state index contributed by atoms with van der Waals surface area (Å²) >= 11 is 0. The number of carbonyl (C=O) groups is 1. The maximum atomic E-state index is 13.3. The summed E-state index contributed by atoms with van der Waals surface area (Å²) in [5.41, 5.74) is 0.828. The molecule has 3 aromatic rings. The SMILES string of the molecule is CCCCCCCCc1cc(S(=O)(=O)N(C)C)cc2c(=O)c3cc(C(=O)O)ccc3oc12. The van der Waals surface area contributed by atoms with Gasteiger partial charge in [-0.15, -0.1) is 0 Å². The molecule has 0 bridgehead atoms. The molecule has 0 aliphatic rings. The molecule has 1 heterocycles. The molecule has 0 spiro atoms. The van der Waals surface area contributed by atoms with Gasteiger partial charge in [0.2, 0.25) is 15.5 Å². The minimum atomic E-state index is -3.77. The molecule has 0 aliphatic carbocycles. The average Bonchev–Trinajstić information content (AvgIpc) is 2.76. The zero-order valence-corrected chi connectivity index (χ0v) is 19.5. The van der Waals surface area contributed by atoms with E-state index < -0.39 is 21.4 Å². The fraction of sp³-hybridized carbons (Fsp3) is 0.417. The van der Waals surface area contributed by atoms with Crippen LogP contribution in [0.15, 0.2) is 44.4 Å². The number of unbranched alkanes of at least 4 members (excludes halogenated alkanes) is 5. The maximum Gasteiger partial charge on any atom is 0.335 e. The highest BCUT2D eigenvalue weighted by molar-refractivity contribution is 7.89. The summed E-state index contributed by atoms with van der Waals surface area (Å²) in [4.78, 5) is 24.6. The fourth-order valence-corrected chi connectivity index (χ4v) is 4.75. The summed E-state index contributed by atoms with van der Waals surface area (Å²) in [7, 11) is -0.888. The number of rotatable bonds is 10. The van der Waals surface area contributed by atoms with Gasteiger partial charge in [0.25, 0.3) is 0 Å². The number of fused-ring (bicyclic) bond motifs is 2. The Bertz CT molecular complexity index is 1310. The first-order valence-corrected chi connectivity index (χ1v) is 12.3. The Morgan fingerprint density at radius 1 is 1.00 bits per heavy atom. The van der Waals surface area contributed by atoms with Gasteiger partial charge in [-0.25, -0.2) is 17.5 Å². The number of hydrogen-bond donors (Lipinski definition) is 1. The average molecular weight is 460 g/mol. The molecule has 3 rings (SSSR count). The van der Waals surface area contributed by atoms with Crippen molar-refractivity contribution in [3.63, 3.8) is 0 Å². The number of carboxylic acid groups (broad SMARTS) is 1. The first-order chi connectivity index (χ1) is 15.2. The van der Waals surface area contributed by atoms with E-state index in [0.717, 1.165) is 36.4 Å². The van der Waals surface area contributed by atoms with Crippen molar-refractivity contribution in [3.05, 3.63) is 51.7 Å². The van der Waals surface area contributed by atoms with Crippen LogP contribution in [0.5, 0.6) is 0 Å². The first-order valence-electron chi connectivity index (χ1n) is 10.9. The Morgan fingerprint density at radius 3 is 2.34 bits per heavy atom. The van der Waals surface area contributed by atoms with E-state index in [2.05, 4.69) is 6.92 Å². The topological polar surface area (TPSA) is 105 Å². The molecule has 0 amide bonds. The van der Waals surface area contributed by atoms with Crippen molar-refractivity contribution in [1.82, 2.24) is 4.31 Å². The number of carboxylic acids is 1. The summed E-state index contributed by atoms with van der Waals surface area (Å²) in [6.07, 6.45) is 7.07. The van der Waals surface area contributed by atoms with Gasteiger partial charge in [0.05, 0.1) is 21.2 Å². The molecule has 7 nitrogen and oxygen atoms in total. The van der Waals surface area contributed by atoms with Crippen molar-refractivity contribution in [2.75, 3.05) is 14.1 Å². The molecule has 1 aromatic heterocycles. The number of hydrogen-bond acceptors (Lipinski definition) is 5. The van der Waals surface area contributed by atoms with Gasteiger partial charge in [0, 0.05) is 14.1 Å². The molecule has 32 heavy (non-hydrogen) atoms. The number of benzene rings is 2. The third kappa shape index (κ3) is 4.86. The highest BCUT2D eigenvalue weighted by Gasteiger charge is 2.22. The summed E-state index contributed by atoms with van der Waals surface area (Å²) in [6.45, 7) is 2.16. The van der Waals surface area contributed by atoms with Crippen LogP contribution in [0.4, 0.5) is 0 Å². The summed E-state index contributed by atoms with van der Waals surface area (Å²) in [5, 5.41) is 9.52. The Morgan fingerprint density at radius 2 is 1.69 bits per heavy atom. The highest BCUT2D eigenvalue weighted by Crippen LogP contribution is 2.28. The molecule has 0 saturated carbocycles. The third-order valence-corrected chi connectivity index (χ3v) is 7.44.